The van der Waals surface area contributed by atoms with Crippen molar-refractivity contribution in [2.45, 2.75) is 32.5 Å². The predicted octanol–water partition coefficient (Wildman–Crippen LogP) is 1.12. The topological polar surface area (TPSA) is 35.5 Å². The van der Waals surface area contributed by atoms with Crippen molar-refractivity contribution >= 4 is 5.78 Å². The summed E-state index contributed by atoms with van der Waals surface area (Å²) in [5, 5.41) is 0. The molecule has 0 spiro atoms. The molecule has 1 aliphatic rings. The first-order valence-corrected chi connectivity index (χ1v) is 4.00. The Bertz CT molecular complexity index is 147. The fraction of sp³-hybridized carbons (Fsp3) is 0.875. The molecule has 0 unspecified atom stereocenters. The SMILES string of the molecule is CCC1(C(C)=O)OCCCO1. The summed E-state index contributed by atoms with van der Waals surface area (Å²) in [5.41, 5.74) is 0. The van der Waals surface area contributed by atoms with E-state index in [0.29, 0.717) is 19.6 Å². The highest BCUT2D eigenvalue weighted by atomic mass is 16.7. The van der Waals surface area contributed by atoms with Gasteiger partial charge in [0.15, 0.2) is 5.78 Å². The average Bonchev–Trinajstić information content (AvgIpc) is 2.05. The van der Waals surface area contributed by atoms with E-state index in [2.05, 4.69) is 0 Å². The lowest BCUT2D eigenvalue weighted by Crippen LogP contribution is -2.46. The number of rotatable bonds is 2. The zero-order valence-electron chi connectivity index (χ0n) is 7.05. The van der Waals surface area contributed by atoms with Gasteiger partial charge in [0.25, 0.3) is 0 Å². The molecule has 0 aliphatic carbocycles. The van der Waals surface area contributed by atoms with Gasteiger partial charge in [-0.2, -0.15) is 0 Å². The summed E-state index contributed by atoms with van der Waals surface area (Å²) in [7, 11) is 0. The van der Waals surface area contributed by atoms with Gasteiger partial charge in [0.1, 0.15) is 0 Å². The molecule has 1 fully saturated rings. The van der Waals surface area contributed by atoms with Crippen molar-refractivity contribution < 1.29 is 14.3 Å². The minimum atomic E-state index is -0.918. The largest absolute Gasteiger partial charge is 0.344 e. The van der Waals surface area contributed by atoms with Gasteiger partial charge >= 0.3 is 0 Å². The first kappa shape index (κ1) is 8.68. The maximum absolute atomic E-state index is 11.1. The summed E-state index contributed by atoms with van der Waals surface area (Å²) >= 11 is 0. The van der Waals surface area contributed by atoms with Crippen LogP contribution in [-0.2, 0) is 14.3 Å². The lowest BCUT2D eigenvalue weighted by molar-refractivity contribution is -0.252. The van der Waals surface area contributed by atoms with Crippen molar-refractivity contribution in [2.24, 2.45) is 0 Å². The second kappa shape index (κ2) is 3.32. The molecule has 3 heteroatoms. The van der Waals surface area contributed by atoms with Gasteiger partial charge in [-0.05, 0) is 6.42 Å². The normalized spacial score (nSPS) is 23.1. The molecule has 1 aliphatic heterocycles. The van der Waals surface area contributed by atoms with Crippen molar-refractivity contribution in [1.29, 1.82) is 0 Å². The van der Waals surface area contributed by atoms with Gasteiger partial charge in [0.05, 0.1) is 13.2 Å². The number of Topliss-reactive ketones (excluding diaryl/α,β-unsaturated/α-hetero) is 1. The molecule has 64 valence electrons. The fourth-order valence-corrected chi connectivity index (χ4v) is 1.23. The first-order chi connectivity index (χ1) is 5.21. The molecule has 0 aromatic heterocycles. The Hall–Kier alpha value is -0.410. The fourth-order valence-electron chi connectivity index (χ4n) is 1.23. The Kier molecular flexibility index (Phi) is 2.62. The van der Waals surface area contributed by atoms with Gasteiger partial charge in [-0.1, -0.05) is 6.92 Å². The molecule has 1 rings (SSSR count). The van der Waals surface area contributed by atoms with Crippen LogP contribution in [0.15, 0.2) is 0 Å². The molecule has 11 heavy (non-hydrogen) atoms. The van der Waals surface area contributed by atoms with E-state index < -0.39 is 5.79 Å². The predicted molar refractivity (Wildman–Crippen MR) is 40.2 cm³/mol. The molecule has 0 radical (unpaired) electrons. The van der Waals surface area contributed by atoms with E-state index in [4.69, 9.17) is 9.47 Å². The van der Waals surface area contributed by atoms with Crippen molar-refractivity contribution in [3.63, 3.8) is 0 Å². The molecular formula is C8H14O3. The minimum Gasteiger partial charge on any atom is -0.344 e. The van der Waals surface area contributed by atoms with Crippen molar-refractivity contribution in [3.05, 3.63) is 0 Å². The van der Waals surface area contributed by atoms with Crippen LogP contribution in [-0.4, -0.2) is 24.8 Å². The van der Waals surface area contributed by atoms with Crippen molar-refractivity contribution in [3.8, 4) is 0 Å². The Morgan fingerprint density at radius 1 is 1.45 bits per heavy atom. The Balaban J connectivity index is 2.64. The Morgan fingerprint density at radius 3 is 2.27 bits per heavy atom. The Morgan fingerprint density at radius 2 is 2.00 bits per heavy atom. The molecule has 1 heterocycles. The van der Waals surface area contributed by atoms with E-state index in [0.717, 1.165) is 6.42 Å². The van der Waals surface area contributed by atoms with Crippen LogP contribution in [0, 0.1) is 0 Å². The quantitative estimate of drug-likeness (QED) is 0.604. The van der Waals surface area contributed by atoms with Crippen LogP contribution in [0.4, 0.5) is 0 Å². The minimum absolute atomic E-state index is 0.0281. The zero-order chi connectivity index (χ0) is 8.32. The summed E-state index contributed by atoms with van der Waals surface area (Å²) in [6.07, 6.45) is 1.48. The lowest BCUT2D eigenvalue weighted by atomic mass is 10.1. The lowest BCUT2D eigenvalue weighted by Gasteiger charge is -2.33. The van der Waals surface area contributed by atoms with Crippen molar-refractivity contribution in [1.82, 2.24) is 0 Å². The number of ether oxygens (including phenoxy) is 2. The summed E-state index contributed by atoms with van der Waals surface area (Å²) in [4.78, 5) is 11.1. The summed E-state index contributed by atoms with van der Waals surface area (Å²) < 4.78 is 10.6. The molecule has 0 saturated carbocycles. The van der Waals surface area contributed by atoms with Gasteiger partial charge in [-0.25, -0.2) is 0 Å². The summed E-state index contributed by atoms with van der Waals surface area (Å²) in [5.74, 6) is -0.946. The third-order valence-corrected chi connectivity index (χ3v) is 1.96. The molecular weight excluding hydrogens is 144 g/mol. The van der Waals surface area contributed by atoms with Gasteiger partial charge in [-0.15, -0.1) is 0 Å². The number of carbonyl (C=O) groups is 1. The van der Waals surface area contributed by atoms with E-state index in [9.17, 15) is 4.79 Å². The molecule has 0 amide bonds. The second-order valence-electron chi connectivity index (χ2n) is 2.71. The first-order valence-electron chi connectivity index (χ1n) is 4.00. The van der Waals surface area contributed by atoms with Crippen LogP contribution < -0.4 is 0 Å². The number of hydrogen-bond acceptors (Lipinski definition) is 3. The van der Waals surface area contributed by atoms with Crippen LogP contribution in [0.3, 0.4) is 0 Å². The van der Waals surface area contributed by atoms with Gasteiger partial charge in [-0.3, -0.25) is 4.79 Å². The molecule has 0 bridgehead atoms. The van der Waals surface area contributed by atoms with E-state index in [-0.39, 0.29) is 5.78 Å². The van der Waals surface area contributed by atoms with E-state index in [1.165, 1.54) is 6.92 Å². The zero-order valence-corrected chi connectivity index (χ0v) is 7.05. The summed E-state index contributed by atoms with van der Waals surface area (Å²) in [6, 6.07) is 0. The van der Waals surface area contributed by atoms with E-state index in [1.807, 2.05) is 6.92 Å². The molecule has 1 saturated heterocycles. The maximum Gasteiger partial charge on any atom is 0.228 e. The van der Waals surface area contributed by atoms with Crippen LogP contribution in [0.25, 0.3) is 0 Å². The average molecular weight is 158 g/mol. The van der Waals surface area contributed by atoms with Crippen LogP contribution >= 0.6 is 0 Å². The van der Waals surface area contributed by atoms with Gasteiger partial charge in [0.2, 0.25) is 5.79 Å². The van der Waals surface area contributed by atoms with Crippen LogP contribution in [0.2, 0.25) is 0 Å². The molecule has 0 N–H and O–H groups in total. The second-order valence-corrected chi connectivity index (χ2v) is 2.71. The van der Waals surface area contributed by atoms with E-state index in [1.54, 1.807) is 0 Å². The van der Waals surface area contributed by atoms with Crippen LogP contribution in [0.5, 0.6) is 0 Å². The summed E-state index contributed by atoms with van der Waals surface area (Å²) in [6.45, 7) is 4.67. The third kappa shape index (κ3) is 1.60. The smallest absolute Gasteiger partial charge is 0.228 e. The molecule has 0 atom stereocenters. The van der Waals surface area contributed by atoms with Gasteiger partial charge in [0, 0.05) is 13.3 Å². The van der Waals surface area contributed by atoms with E-state index >= 15 is 0 Å². The highest BCUT2D eigenvalue weighted by Crippen LogP contribution is 2.23. The Labute approximate surface area is 66.7 Å². The highest BCUT2D eigenvalue weighted by Gasteiger charge is 2.37. The highest BCUT2D eigenvalue weighted by molar-refractivity contribution is 5.83. The van der Waals surface area contributed by atoms with Crippen molar-refractivity contribution in [2.75, 3.05) is 13.2 Å². The van der Waals surface area contributed by atoms with Crippen LogP contribution in [0.1, 0.15) is 26.7 Å². The monoisotopic (exact) mass is 158 g/mol. The maximum atomic E-state index is 11.1. The number of carbonyl (C=O) groups excluding carboxylic acids is 1. The number of hydrogen-bond donors (Lipinski definition) is 0. The standard InChI is InChI=1S/C8H14O3/c1-3-8(7(2)9)10-5-4-6-11-8/h3-6H2,1-2H3. The molecule has 0 aromatic rings. The molecule has 0 aromatic carbocycles. The molecule has 3 nitrogen and oxygen atoms in total. The van der Waals surface area contributed by atoms with Gasteiger partial charge < -0.3 is 9.47 Å². The third-order valence-electron chi connectivity index (χ3n) is 1.96. The number of ketones is 1.